The first kappa shape index (κ1) is 17.3. The highest BCUT2D eigenvalue weighted by atomic mass is 16.5. The third-order valence-electron chi connectivity index (χ3n) is 5.37. The minimum Gasteiger partial charge on any atom is -0.476 e. The molecule has 9 heteroatoms. The van der Waals surface area contributed by atoms with Gasteiger partial charge in [0.1, 0.15) is 11.3 Å². The number of fused-ring (bicyclic) bond motifs is 1. The second-order valence-electron chi connectivity index (χ2n) is 7.02. The van der Waals surface area contributed by atoms with Crippen molar-refractivity contribution in [1.29, 1.82) is 0 Å². The number of urea groups is 1. The lowest BCUT2D eigenvalue weighted by Gasteiger charge is -2.40. The number of imide groups is 1. The molecule has 1 aromatic rings. The van der Waals surface area contributed by atoms with E-state index in [4.69, 9.17) is 4.74 Å². The van der Waals surface area contributed by atoms with Crippen molar-refractivity contribution in [3.05, 3.63) is 24.3 Å². The molecule has 2 saturated heterocycles. The molecule has 0 unspecified atom stereocenters. The van der Waals surface area contributed by atoms with Crippen molar-refractivity contribution in [3.8, 4) is 5.75 Å². The number of likely N-dealkylation sites (tertiary alicyclic amines) is 1. The monoisotopic (exact) mass is 372 g/mol. The first-order valence-corrected chi connectivity index (χ1v) is 8.86. The van der Waals surface area contributed by atoms with Crippen LogP contribution in [0.4, 0.5) is 10.5 Å². The largest absolute Gasteiger partial charge is 0.476 e. The Hall–Kier alpha value is -3.10. The van der Waals surface area contributed by atoms with Gasteiger partial charge in [0.2, 0.25) is 5.91 Å². The number of amides is 5. The quantitative estimate of drug-likeness (QED) is 0.675. The van der Waals surface area contributed by atoms with Crippen LogP contribution in [0.25, 0.3) is 0 Å². The highest BCUT2D eigenvalue weighted by Gasteiger charge is 2.49. The molecule has 9 nitrogen and oxygen atoms in total. The molecule has 0 bridgehead atoms. The Morgan fingerprint density at radius 3 is 2.52 bits per heavy atom. The van der Waals surface area contributed by atoms with Gasteiger partial charge in [-0.1, -0.05) is 12.1 Å². The second kappa shape index (κ2) is 6.26. The maximum Gasteiger partial charge on any atom is 0.322 e. The van der Waals surface area contributed by atoms with Crippen molar-refractivity contribution in [2.45, 2.75) is 31.4 Å². The number of piperidine rings is 1. The minimum absolute atomic E-state index is 0.143. The molecular formula is C18H20N4O5. The summed E-state index contributed by atoms with van der Waals surface area (Å²) in [5.41, 5.74) is -0.281. The Morgan fingerprint density at radius 2 is 1.89 bits per heavy atom. The van der Waals surface area contributed by atoms with Gasteiger partial charge in [0.15, 0.2) is 6.10 Å². The molecule has 1 aromatic carbocycles. The van der Waals surface area contributed by atoms with E-state index in [1.54, 1.807) is 23.1 Å². The number of carbonyl (C=O) groups is 4. The van der Waals surface area contributed by atoms with Gasteiger partial charge in [0.25, 0.3) is 11.8 Å². The van der Waals surface area contributed by atoms with Crippen molar-refractivity contribution in [3.63, 3.8) is 0 Å². The smallest absolute Gasteiger partial charge is 0.322 e. The number of carbonyl (C=O) groups excluding carboxylic acids is 4. The van der Waals surface area contributed by atoms with E-state index >= 15 is 0 Å². The van der Waals surface area contributed by atoms with Gasteiger partial charge in [-0.3, -0.25) is 19.7 Å². The van der Waals surface area contributed by atoms with E-state index in [2.05, 4.69) is 10.6 Å². The number of anilines is 1. The van der Waals surface area contributed by atoms with Crippen molar-refractivity contribution >= 4 is 29.4 Å². The third-order valence-corrected chi connectivity index (χ3v) is 5.37. The van der Waals surface area contributed by atoms with Gasteiger partial charge < -0.3 is 19.9 Å². The Bertz CT molecular complexity index is 831. The van der Waals surface area contributed by atoms with Crippen LogP contribution in [0, 0.1) is 0 Å². The van der Waals surface area contributed by atoms with Crippen molar-refractivity contribution in [1.82, 2.24) is 15.5 Å². The summed E-state index contributed by atoms with van der Waals surface area (Å²) in [5, 5.41) is 4.92. The molecule has 0 aliphatic carbocycles. The Morgan fingerprint density at radius 1 is 1.19 bits per heavy atom. The lowest BCUT2D eigenvalue weighted by Crippen LogP contribution is -2.59. The second-order valence-corrected chi connectivity index (χ2v) is 7.02. The molecule has 2 N–H and O–H groups in total. The molecule has 27 heavy (non-hydrogen) atoms. The van der Waals surface area contributed by atoms with E-state index in [1.165, 1.54) is 11.8 Å². The van der Waals surface area contributed by atoms with Crippen LogP contribution >= 0.6 is 0 Å². The van der Waals surface area contributed by atoms with Gasteiger partial charge in [-0.15, -0.1) is 0 Å². The summed E-state index contributed by atoms with van der Waals surface area (Å²) in [4.78, 5) is 51.6. The number of hydrogen-bond donors (Lipinski definition) is 2. The molecule has 0 saturated carbocycles. The summed E-state index contributed by atoms with van der Waals surface area (Å²) in [5.74, 6) is -0.236. The SMILES string of the molecule is CC(=O)N1C[C@@H](C(=O)N2CCC3(CC2)NC(=O)NC3=O)Oc2ccccc21. The fourth-order valence-electron chi connectivity index (χ4n) is 3.85. The summed E-state index contributed by atoms with van der Waals surface area (Å²) in [6, 6.07) is 6.61. The molecule has 2 fully saturated rings. The van der Waals surface area contributed by atoms with Crippen LogP contribution in [0.2, 0.25) is 0 Å². The Kier molecular flexibility index (Phi) is 4.01. The van der Waals surface area contributed by atoms with Gasteiger partial charge in [-0.05, 0) is 25.0 Å². The Labute approximate surface area is 155 Å². The van der Waals surface area contributed by atoms with E-state index in [0.717, 1.165) is 0 Å². The molecule has 5 amide bonds. The van der Waals surface area contributed by atoms with E-state index in [9.17, 15) is 19.2 Å². The predicted octanol–water partition coefficient (Wildman–Crippen LogP) is 0.00110. The van der Waals surface area contributed by atoms with Gasteiger partial charge in [-0.2, -0.15) is 0 Å². The molecule has 1 atom stereocenters. The molecule has 3 heterocycles. The maximum absolute atomic E-state index is 13.0. The van der Waals surface area contributed by atoms with Crippen LogP contribution in [0.15, 0.2) is 24.3 Å². The molecule has 0 radical (unpaired) electrons. The van der Waals surface area contributed by atoms with Crippen molar-refractivity contribution in [2.75, 3.05) is 24.5 Å². The van der Waals surface area contributed by atoms with Crippen LogP contribution in [0.3, 0.4) is 0 Å². The normalized spacial score (nSPS) is 23.4. The summed E-state index contributed by atoms with van der Waals surface area (Å²) in [6.45, 7) is 2.25. The number of para-hydroxylation sites is 2. The van der Waals surface area contributed by atoms with Crippen molar-refractivity contribution in [2.24, 2.45) is 0 Å². The van der Waals surface area contributed by atoms with Crippen LogP contribution in [0.5, 0.6) is 5.75 Å². The minimum atomic E-state index is -0.931. The standard InChI is InChI=1S/C18H20N4O5/c1-11(23)22-10-14(27-13-5-3-2-4-12(13)22)15(24)21-8-6-18(7-9-21)16(25)19-17(26)20-18/h2-5,14H,6-10H2,1H3,(H2,19,20,25,26)/t14-/m0/s1. The zero-order valence-corrected chi connectivity index (χ0v) is 14.9. The molecule has 3 aliphatic rings. The van der Waals surface area contributed by atoms with E-state index in [1.807, 2.05) is 6.07 Å². The zero-order valence-electron chi connectivity index (χ0n) is 14.9. The van der Waals surface area contributed by atoms with Crippen molar-refractivity contribution < 1.29 is 23.9 Å². The maximum atomic E-state index is 13.0. The van der Waals surface area contributed by atoms with Gasteiger partial charge >= 0.3 is 6.03 Å². The predicted molar refractivity (Wildman–Crippen MR) is 94.1 cm³/mol. The van der Waals surface area contributed by atoms with E-state index in [0.29, 0.717) is 37.4 Å². The zero-order chi connectivity index (χ0) is 19.2. The summed E-state index contributed by atoms with van der Waals surface area (Å²) < 4.78 is 5.85. The van der Waals surface area contributed by atoms with E-state index in [-0.39, 0.29) is 24.3 Å². The number of hydrogen-bond acceptors (Lipinski definition) is 5. The number of rotatable bonds is 1. The average Bonchev–Trinajstić information content (AvgIpc) is 2.93. The molecule has 0 aromatic heterocycles. The van der Waals surface area contributed by atoms with E-state index < -0.39 is 17.7 Å². The summed E-state index contributed by atoms with van der Waals surface area (Å²) in [7, 11) is 0. The van der Waals surface area contributed by atoms with Gasteiger partial charge in [0, 0.05) is 20.0 Å². The average molecular weight is 372 g/mol. The summed E-state index contributed by atoms with van der Waals surface area (Å²) in [6.07, 6.45) is -0.114. The third kappa shape index (κ3) is 2.88. The topological polar surface area (TPSA) is 108 Å². The van der Waals surface area contributed by atoms with Crippen LogP contribution in [0.1, 0.15) is 19.8 Å². The molecule has 142 valence electrons. The first-order valence-electron chi connectivity index (χ1n) is 8.86. The van der Waals surface area contributed by atoms with Gasteiger partial charge in [0.05, 0.1) is 12.2 Å². The lowest BCUT2D eigenvalue weighted by molar-refractivity contribution is -0.142. The van der Waals surface area contributed by atoms with Crippen LogP contribution < -0.4 is 20.3 Å². The molecule has 1 spiro atoms. The van der Waals surface area contributed by atoms with Crippen LogP contribution in [-0.2, 0) is 14.4 Å². The highest BCUT2D eigenvalue weighted by Crippen LogP contribution is 2.34. The lowest BCUT2D eigenvalue weighted by atomic mass is 9.87. The highest BCUT2D eigenvalue weighted by molar-refractivity contribution is 6.07. The fourth-order valence-corrected chi connectivity index (χ4v) is 3.85. The fraction of sp³-hybridized carbons (Fsp3) is 0.444. The summed E-state index contributed by atoms with van der Waals surface area (Å²) >= 11 is 0. The number of benzene rings is 1. The van der Waals surface area contributed by atoms with Gasteiger partial charge in [-0.25, -0.2) is 4.79 Å². The number of nitrogens with one attached hydrogen (secondary N) is 2. The Balaban J connectivity index is 1.47. The van der Waals surface area contributed by atoms with Crippen LogP contribution in [-0.4, -0.2) is 59.9 Å². The molecule has 3 aliphatic heterocycles. The molecule has 4 rings (SSSR count). The number of ether oxygens (including phenoxy) is 1. The molecular weight excluding hydrogens is 352 g/mol. The number of nitrogens with zero attached hydrogens (tertiary/aromatic N) is 2. The first-order chi connectivity index (χ1) is 12.9.